The molecule has 8 heteroatoms. The largest absolute Gasteiger partial charge is 0.462 e. The second-order valence-corrected chi connectivity index (χ2v) is 6.37. The van der Waals surface area contributed by atoms with Crippen molar-refractivity contribution in [3.63, 3.8) is 0 Å². The molecule has 0 amide bonds. The summed E-state index contributed by atoms with van der Waals surface area (Å²) in [7, 11) is 0. The first-order valence-electron chi connectivity index (χ1n) is 8.63. The van der Waals surface area contributed by atoms with Crippen molar-refractivity contribution in [2.24, 2.45) is 0 Å². The number of esters is 2. The molecule has 2 heterocycles. The average molecular weight is 382 g/mol. The van der Waals surface area contributed by atoms with Crippen LogP contribution >= 0.6 is 11.6 Å². The number of aromatic nitrogens is 2. The number of hydrogen-bond donors (Lipinski definition) is 2. The van der Waals surface area contributed by atoms with Gasteiger partial charge in [-0.2, -0.15) is 0 Å². The van der Waals surface area contributed by atoms with E-state index >= 15 is 0 Å². The van der Waals surface area contributed by atoms with Gasteiger partial charge in [-0.05, 0) is 26.7 Å². The molecule has 1 aromatic heterocycles. The molecule has 0 saturated carbocycles. The highest BCUT2D eigenvalue weighted by Gasteiger charge is 2.39. The van der Waals surface area contributed by atoms with E-state index in [9.17, 15) is 9.59 Å². The predicted octanol–water partition coefficient (Wildman–Crippen LogP) is 3.20. The van der Waals surface area contributed by atoms with Crippen LogP contribution in [0.4, 0.5) is 0 Å². The highest BCUT2D eigenvalue weighted by atomic mass is 35.5. The molecule has 142 valence electrons. The lowest BCUT2D eigenvalue weighted by molar-refractivity contribution is -0.140. The summed E-state index contributed by atoms with van der Waals surface area (Å²) in [6.45, 7) is 7.92. The smallest absolute Gasteiger partial charge is 0.336 e. The predicted molar refractivity (Wildman–Crippen MR) is 97.4 cm³/mol. The number of aromatic amines is 1. The maximum atomic E-state index is 12.7. The first-order valence-corrected chi connectivity index (χ1v) is 9.01. The molecule has 0 fully saturated rings. The number of allylic oxidation sites excluding steroid dienone is 2. The van der Waals surface area contributed by atoms with E-state index in [1.807, 2.05) is 13.8 Å². The van der Waals surface area contributed by atoms with Crippen LogP contribution in [-0.4, -0.2) is 35.1 Å². The van der Waals surface area contributed by atoms with Crippen LogP contribution in [0.15, 0.2) is 28.9 Å². The van der Waals surface area contributed by atoms with Crippen molar-refractivity contribution in [1.82, 2.24) is 15.3 Å². The summed E-state index contributed by atoms with van der Waals surface area (Å²) in [5.74, 6) is -1.73. The van der Waals surface area contributed by atoms with Gasteiger partial charge in [0.15, 0.2) is 5.15 Å². The quantitative estimate of drug-likeness (QED) is 0.704. The van der Waals surface area contributed by atoms with Crippen molar-refractivity contribution in [2.45, 2.75) is 46.5 Å². The van der Waals surface area contributed by atoms with Gasteiger partial charge >= 0.3 is 11.9 Å². The fourth-order valence-corrected chi connectivity index (χ4v) is 3.07. The molecular formula is C18H24ClN3O4. The molecule has 2 rings (SSSR count). The summed E-state index contributed by atoms with van der Waals surface area (Å²) in [6.07, 6.45) is 2.82. The fraction of sp³-hybridized carbons (Fsp3) is 0.500. The van der Waals surface area contributed by atoms with Gasteiger partial charge in [-0.25, -0.2) is 14.6 Å². The molecule has 1 aliphatic heterocycles. The minimum Gasteiger partial charge on any atom is -0.462 e. The number of imidazole rings is 1. The Morgan fingerprint density at radius 2 is 1.58 bits per heavy atom. The minimum atomic E-state index is -0.736. The Morgan fingerprint density at radius 1 is 1.08 bits per heavy atom. The monoisotopic (exact) mass is 381 g/mol. The first-order chi connectivity index (χ1) is 12.4. The van der Waals surface area contributed by atoms with Crippen LogP contribution in [0.2, 0.25) is 5.15 Å². The van der Waals surface area contributed by atoms with Gasteiger partial charge in [0, 0.05) is 11.4 Å². The lowest BCUT2D eigenvalue weighted by Gasteiger charge is -2.29. The SMILES string of the molecule is CCCOC(=O)C1=C(C)NC(C)=C(C(=O)OCCC)C1c1[nH]cnc1Cl. The van der Waals surface area contributed by atoms with Crippen LogP contribution in [0, 0.1) is 0 Å². The van der Waals surface area contributed by atoms with E-state index in [4.69, 9.17) is 21.1 Å². The Kier molecular flexibility index (Phi) is 6.85. The highest BCUT2D eigenvalue weighted by molar-refractivity contribution is 6.30. The standard InChI is InChI=1S/C18H24ClN3O4/c1-5-7-25-17(23)12-10(3)22-11(4)13(18(24)26-8-6-2)14(12)15-16(19)21-9-20-15/h9,14,22H,5-8H2,1-4H3,(H,20,21). The van der Waals surface area contributed by atoms with Crippen LogP contribution < -0.4 is 5.32 Å². The van der Waals surface area contributed by atoms with Crippen molar-refractivity contribution in [3.8, 4) is 0 Å². The van der Waals surface area contributed by atoms with E-state index < -0.39 is 17.9 Å². The number of hydrogen-bond acceptors (Lipinski definition) is 6. The zero-order valence-corrected chi connectivity index (χ0v) is 16.2. The fourth-order valence-electron chi connectivity index (χ4n) is 2.86. The lowest BCUT2D eigenvalue weighted by atomic mass is 9.83. The van der Waals surface area contributed by atoms with Crippen LogP contribution in [-0.2, 0) is 19.1 Å². The van der Waals surface area contributed by atoms with Crippen molar-refractivity contribution in [3.05, 3.63) is 39.7 Å². The molecule has 7 nitrogen and oxygen atoms in total. The molecule has 2 N–H and O–H groups in total. The zero-order valence-electron chi connectivity index (χ0n) is 15.4. The molecule has 0 spiro atoms. The topological polar surface area (TPSA) is 93.3 Å². The highest BCUT2D eigenvalue weighted by Crippen LogP contribution is 2.40. The van der Waals surface area contributed by atoms with Gasteiger partial charge in [0.1, 0.15) is 0 Å². The lowest BCUT2D eigenvalue weighted by Crippen LogP contribution is -2.33. The molecule has 0 unspecified atom stereocenters. The molecule has 0 radical (unpaired) electrons. The second kappa shape index (κ2) is 8.89. The molecule has 0 bridgehead atoms. The summed E-state index contributed by atoms with van der Waals surface area (Å²) in [5, 5.41) is 3.28. The van der Waals surface area contributed by atoms with Crippen LogP contribution in [0.25, 0.3) is 0 Å². The van der Waals surface area contributed by atoms with Crippen molar-refractivity contribution in [1.29, 1.82) is 0 Å². The Hall–Kier alpha value is -2.28. The number of carbonyl (C=O) groups is 2. The second-order valence-electron chi connectivity index (χ2n) is 6.01. The van der Waals surface area contributed by atoms with Crippen molar-refractivity contribution >= 4 is 23.5 Å². The Bertz CT molecular complexity index is 709. The van der Waals surface area contributed by atoms with Crippen molar-refractivity contribution < 1.29 is 19.1 Å². The van der Waals surface area contributed by atoms with Gasteiger partial charge in [-0.1, -0.05) is 25.4 Å². The number of carbonyl (C=O) groups excluding carboxylic acids is 2. The summed E-state index contributed by atoms with van der Waals surface area (Å²) in [4.78, 5) is 32.3. The molecule has 0 saturated heterocycles. The summed E-state index contributed by atoms with van der Waals surface area (Å²) in [5.41, 5.74) is 2.30. The molecular weight excluding hydrogens is 358 g/mol. The number of nitrogens with zero attached hydrogens (tertiary/aromatic N) is 1. The Balaban J connectivity index is 2.53. The van der Waals surface area contributed by atoms with Crippen molar-refractivity contribution in [2.75, 3.05) is 13.2 Å². The maximum Gasteiger partial charge on any atom is 0.336 e. The molecule has 1 aromatic rings. The molecule has 0 aliphatic carbocycles. The number of nitrogens with one attached hydrogen (secondary N) is 2. The van der Waals surface area contributed by atoms with Gasteiger partial charge < -0.3 is 19.8 Å². The van der Waals surface area contributed by atoms with E-state index in [0.29, 0.717) is 41.1 Å². The minimum absolute atomic E-state index is 0.194. The van der Waals surface area contributed by atoms with Crippen LogP contribution in [0.1, 0.15) is 52.1 Å². The molecule has 1 aliphatic rings. The third-order valence-electron chi connectivity index (χ3n) is 3.98. The van der Waals surface area contributed by atoms with E-state index in [1.165, 1.54) is 6.33 Å². The zero-order chi connectivity index (χ0) is 19.3. The summed E-state index contributed by atoms with van der Waals surface area (Å²) < 4.78 is 10.6. The van der Waals surface area contributed by atoms with Crippen LogP contribution in [0.3, 0.4) is 0 Å². The van der Waals surface area contributed by atoms with Gasteiger partial charge in [0.2, 0.25) is 0 Å². The Labute approximate surface area is 157 Å². The van der Waals surface area contributed by atoms with Gasteiger partial charge in [0.25, 0.3) is 0 Å². The first kappa shape index (κ1) is 20.0. The van der Waals surface area contributed by atoms with E-state index in [2.05, 4.69) is 15.3 Å². The molecule has 0 atom stereocenters. The van der Waals surface area contributed by atoms with Gasteiger partial charge in [-0.3, -0.25) is 0 Å². The van der Waals surface area contributed by atoms with Gasteiger partial charge in [0.05, 0.1) is 42.3 Å². The number of ether oxygens (including phenoxy) is 2. The average Bonchev–Trinajstić information content (AvgIpc) is 3.02. The number of rotatable bonds is 7. The maximum absolute atomic E-state index is 12.7. The normalized spacial score (nSPS) is 15.1. The van der Waals surface area contributed by atoms with Gasteiger partial charge in [-0.15, -0.1) is 0 Å². The number of halogens is 1. The summed E-state index contributed by atoms with van der Waals surface area (Å²) >= 11 is 6.21. The van der Waals surface area contributed by atoms with Crippen LogP contribution in [0.5, 0.6) is 0 Å². The van der Waals surface area contributed by atoms with E-state index in [1.54, 1.807) is 13.8 Å². The molecule has 26 heavy (non-hydrogen) atoms. The van der Waals surface area contributed by atoms with E-state index in [0.717, 1.165) is 0 Å². The number of dihydropyridines is 1. The third kappa shape index (κ3) is 4.09. The third-order valence-corrected chi connectivity index (χ3v) is 4.28. The summed E-state index contributed by atoms with van der Waals surface area (Å²) in [6, 6.07) is 0. The number of H-pyrrole nitrogens is 1. The van der Waals surface area contributed by atoms with E-state index in [-0.39, 0.29) is 18.4 Å². The molecule has 0 aromatic carbocycles. The Morgan fingerprint density at radius 3 is 1.96 bits per heavy atom.